The maximum absolute atomic E-state index is 12.8. The van der Waals surface area contributed by atoms with Gasteiger partial charge in [0.05, 0.1) is 18.0 Å². The lowest BCUT2D eigenvalue weighted by Crippen LogP contribution is -2.39. The van der Waals surface area contributed by atoms with E-state index >= 15 is 0 Å². The number of ketones is 1. The Bertz CT molecular complexity index is 1250. The zero-order valence-corrected chi connectivity index (χ0v) is 20.2. The fourth-order valence-electron chi connectivity index (χ4n) is 3.10. The van der Waals surface area contributed by atoms with Gasteiger partial charge in [-0.2, -0.15) is 0 Å². The molecule has 3 amide bonds. The highest BCUT2D eigenvalue weighted by Gasteiger charge is 2.17. The normalized spacial score (nSPS) is 10.1. The molecule has 0 spiro atoms. The van der Waals surface area contributed by atoms with E-state index in [2.05, 4.69) is 22.5 Å². The zero-order chi connectivity index (χ0) is 25.8. The molecule has 0 aliphatic heterocycles. The summed E-state index contributed by atoms with van der Waals surface area (Å²) in [6, 6.07) is 21.6. The molecule has 0 saturated heterocycles. The summed E-state index contributed by atoms with van der Waals surface area (Å²) < 4.78 is 4.94. The highest BCUT2D eigenvalue weighted by atomic mass is 32.2. The number of thioether (sulfide) groups is 1. The summed E-state index contributed by atoms with van der Waals surface area (Å²) in [7, 11) is 0. The minimum absolute atomic E-state index is 0.129. The third-order valence-corrected chi connectivity index (χ3v) is 5.73. The summed E-state index contributed by atoms with van der Waals surface area (Å²) in [6.45, 7) is 3.50. The molecular weight excluding hydrogens is 478 g/mol. The van der Waals surface area contributed by atoms with Crippen molar-refractivity contribution in [2.24, 2.45) is 0 Å². The molecule has 0 fully saturated rings. The highest BCUT2D eigenvalue weighted by Crippen LogP contribution is 2.21. The monoisotopic (exact) mass is 503 g/mol. The Morgan fingerprint density at radius 3 is 2.33 bits per heavy atom. The minimum Gasteiger partial charge on any atom is -0.461 e. The van der Waals surface area contributed by atoms with E-state index in [1.165, 1.54) is 17.8 Å². The quantitative estimate of drug-likeness (QED) is 0.119. The first-order chi connectivity index (χ1) is 17.5. The van der Waals surface area contributed by atoms with Crippen molar-refractivity contribution in [3.63, 3.8) is 0 Å². The van der Waals surface area contributed by atoms with Gasteiger partial charge >= 0.3 is 12.0 Å². The average Bonchev–Trinajstić information content (AvgIpc) is 2.91. The SMILES string of the molecule is C=CCOC(=O)CSc1cccc(NC(=O)NCNC(=O)c2ccccc2C(=O)c2ccccc2)c1. The molecule has 3 aromatic carbocycles. The lowest BCUT2D eigenvalue weighted by Gasteiger charge is -2.12. The standard InChI is InChI=1S/C27H25N3O5S/c1-2-15-35-24(31)17-36-21-12-8-11-20(16-21)30-27(34)29-18-28-26(33)23-14-7-6-13-22(23)25(32)19-9-4-3-5-10-19/h2-14,16H,1,15,17-18H2,(H,28,33)(H2,29,30,34). The largest absolute Gasteiger partial charge is 0.461 e. The van der Waals surface area contributed by atoms with Crippen molar-refractivity contribution >= 4 is 41.1 Å². The number of benzene rings is 3. The minimum atomic E-state index is -0.531. The van der Waals surface area contributed by atoms with Crippen LogP contribution in [0.1, 0.15) is 26.3 Å². The van der Waals surface area contributed by atoms with Crippen LogP contribution in [-0.2, 0) is 9.53 Å². The van der Waals surface area contributed by atoms with Gasteiger partial charge in [0.15, 0.2) is 5.78 Å². The van der Waals surface area contributed by atoms with Gasteiger partial charge in [-0.25, -0.2) is 4.79 Å². The van der Waals surface area contributed by atoms with Gasteiger partial charge in [0.2, 0.25) is 0 Å². The van der Waals surface area contributed by atoms with Crippen LogP contribution in [0.4, 0.5) is 10.5 Å². The van der Waals surface area contributed by atoms with E-state index in [1.807, 2.05) is 12.1 Å². The number of esters is 1. The third-order valence-electron chi connectivity index (χ3n) is 4.76. The summed E-state index contributed by atoms with van der Waals surface area (Å²) in [5, 5.41) is 7.82. The molecule has 3 N–H and O–H groups in total. The summed E-state index contributed by atoms with van der Waals surface area (Å²) in [6.07, 6.45) is 1.50. The summed E-state index contributed by atoms with van der Waals surface area (Å²) in [5.74, 6) is -0.987. The molecule has 0 unspecified atom stereocenters. The molecule has 0 atom stereocenters. The van der Waals surface area contributed by atoms with Crippen LogP contribution in [0.5, 0.6) is 0 Å². The van der Waals surface area contributed by atoms with E-state index < -0.39 is 11.9 Å². The number of rotatable bonds is 11. The molecule has 3 aromatic rings. The van der Waals surface area contributed by atoms with Gasteiger partial charge in [-0.15, -0.1) is 11.8 Å². The Hall–Kier alpha value is -4.37. The van der Waals surface area contributed by atoms with Gasteiger partial charge in [-0.05, 0) is 24.3 Å². The Balaban J connectivity index is 1.50. The number of amides is 3. The second kappa shape index (κ2) is 13.5. The zero-order valence-electron chi connectivity index (χ0n) is 19.4. The first-order valence-corrected chi connectivity index (χ1v) is 12.0. The molecule has 184 valence electrons. The Morgan fingerprint density at radius 2 is 1.58 bits per heavy atom. The molecular formula is C27H25N3O5S. The predicted octanol–water partition coefficient (Wildman–Crippen LogP) is 4.25. The Morgan fingerprint density at radius 1 is 0.861 bits per heavy atom. The Labute approximate surface area is 213 Å². The molecule has 0 saturated carbocycles. The van der Waals surface area contributed by atoms with E-state index in [9.17, 15) is 19.2 Å². The van der Waals surface area contributed by atoms with Crippen LogP contribution in [0.3, 0.4) is 0 Å². The third kappa shape index (κ3) is 7.85. The highest BCUT2D eigenvalue weighted by molar-refractivity contribution is 8.00. The number of urea groups is 1. The number of nitrogens with one attached hydrogen (secondary N) is 3. The van der Waals surface area contributed by atoms with Crippen LogP contribution >= 0.6 is 11.8 Å². The second-order valence-electron chi connectivity index (χ2n) is 7.34. The van der Waals surface area contributed by atoms with Crippen molar-refractivity contribution in [1.82, 2.24) is 10.6 Å². The molecule has 8 nitrogen and oxygen atoms in total. The molecule has 0 aliphatic rings. The lowest BCUT2D eigenvalue weighted by molar-refractivity contribution is -0.139. The topological polar surface area (TPSA) is 114 Å². The van der Waals surface area contributed by atoms with Crippen LogP contribution in [0.2, 0.25) is 0 Å². The van der Waals surface area contributed by atoms with Crippen LogP contribution in [0, 0.1) is 0 Å². The van der Waals surface area contributed by atoms with Gasteiger partial charge < -0.3 is 20.7 Å². The molecule has 36 heavy (non-hydrogen) atoms. The van der Waals surface area contributed by atoms with E-state index in [-0.39, 0.29) is 41.9 Å². The van der Waals surface area contributed by atoms with Crippen LogP contribution in [0.25, 0.3) is 0 Å². The summed E-state index contributed by atoms with van der Waals surface area (Å²) in [5.41, 5.74) is 1.48. The number of carbonyl (C=O) groups is 4. The maximum atomic E-state index is 12.8. The van der Waals surface area contributed by atoms with E-state index in [0.29, 0.717) is 11.3 Å². The number of hydrogen-bond donors (Lipinski definition) is 3. The fourth-order valence-corrected chi connectivity index (χ4v) is 3.85. The van der Waals surface area contributed by atoms with E-state index in [1.54, 1.807) is 66.7 Å². The van der Waals surface area contributed by atoms with Crippen molar-refractivity contribution in [3.8, 4) is 0 Å². The molecule has 9 heteroatoms. The first kappa shape index (κ1) is 26.2. The van der Waals surface area contributed by atoms with Gasteiger partial charge in [-0.1, -0.05) is 67.3 Å². The van der Waals surface area contributed by atoms with Crippen molar-refractivity contribution in [1.29, 1.82) is 0 Å². The van der Waals surface area contributed by atoms with Crippen molar-refractivity contribution in [2.45, 2.75) is 4.90 Å². The van der Waals surface area contributed by atoms with E-state index in [4.69, 9.17) is 4.74 Å². The fraction of sp³-hybridized carbons (Fsp3) is 0.111. The summed E-state index contributed by atoms with van der Waals surface area (Å²) >= 11 is 1.28. The van der Waals surface area contributed by atoms with Crippen LogP contribution in [-0.4, -0.2) is 42.7 Å². The van der Waals surface area contributed by atoms with Crippen molar-refractivity contribution in [2.75, 3.05) is 24.3 Å². The maximum Gasteiger partial charge on any atom is 0.320 e. The average molecular weight is 504 g/mol. The molecule has 0 heterocycles. The van der Waals surface area contributed by atoms with Crippen LogP contribution < -0.4 is 16.0 Å². The van der Waals surface area contributed by atoms with Crippen molar-refractivity contribution < 1.29 is 23.9 Å². The number of hydrogen-bond acceptors (Lipinski definition) is 6. The second-order valence-corrected chi connectivity index (χ2v) is 8.39. The summed E-state index contributed by atoms with van der Waals surface area (Å²) in [4.78, 5) is 50.2. The van der Waals surface area contributed by atoms with Crippen LogP contribution in [0.15, 0.2) is 96.4 Å². The smallest absolute Gasteiger partial charge is 0.320 e. The van der Waals surface area contributed by atoms with E-state index in [0.717, 1.165) is 4.90 Å². The first-order valence-electron chi connectivity index (χ1n) is 11.0. The predicted molar refractivity (Wildman–Crippen MR) is 139 cm³/mol. The number of ether oxygens (including phenoxy) is 1. The molecule has 0 aliphatic carbocycles. The lowest BCUT2D eigenvalue weighted by atomic mass is 9.98. The molecule has 3 rings (SSSR count). The molecule has 0 bridgehead atoms. The molecule has 0 radical (unpaired) electrons. The Kier molecular flexibility index (Phi) is 9.84. The van der Waals surface area contributed by atoms with Gasteiger partial charge in [0.1, 0.15) is 6.61 Å². The molecule has 0 aromatic heterocycles. The number of anilines is 1. The number of carbonyl (C=O) groups excluding carboxylic acids is 4. The van der Waals surface area contributed by atoms with Gasteiger partial charge in [0, 0.05) is 21.7 Å². The van der Waals surface area contributed by atoms with Crippen molar-refractivity contribution in [3.05, 3.63) is 108 Å². The van der Waals surface area contributed by atoms with Gasteiger partial charge in [-0.3, -0.25) is 14.4 Å². The van der Waals surface area contributed by atoms with Gasteiger partial charge in [0.25, 0.3) is 5.91 Å².